The van der Waals surface area contributed by atoms with Crippen LogP contribution in [-0.2, 0) is 6.42 Å². The number of hydrogen-bond acceptors (Lipinski definition) is 4. The lowest BCUT2D eigenvalue weighted by atomic mass is 10.1. The van der Waals surface area contributed by atoms with E-state index in [2.05, 4.69) is 20.5 Å². The second-order valence-electron chi connectivity index (χ2n) is 6.09. The molecule has 0 radical (unpaired) electrons. The molecule has 0 aliphatic carbocycles. The Labute approximate surface area is 150 Å². The van der Waals surface area contributed by atoms with Gasteiger partial charge in [-0.2, -0.15) is 0 Å². The molecule has 4 aromatic rings. The van der Waals surface area contributed by atoms with Crippen molar-refractivity contribution in [2.45, 2.75) is 13.3 Å². The van der Waals surface area contributed by atoms with Gasteiger partial charge in [0, 0.05) is 30.1 Å². The zero-order chi connectivity index (χ0) is 18.1. The highest BCUT2D eigenvalue weighted by Gasteiger charge is 2.15. The highest BCUT2D eigenvalue weighted by molar-refractivity contribution is 6.01. The first kappa shape index (κ1) is 16.1. The van der Waals surface area contributed by atoms with Gasteiger partial charge in [-0.3, -0.25) is 9.20 Å². The average molecular weight is 349 g/mol. The van der Waals surface area contributed by atoms with Crippen LogP contribution in [0, 0.1) is 6.92 Å². The van der Waals surface area contributed by atoms with Crippen LogP contribution >= 0.6 is 0 Å². The number of benzene rings is 1. The average Bonchev–Trinajstić information content (AvgIpc) is 3.23. The fourth-order valence-electron chi connectivity index (χ4n) is 3.10. The fraction of sp³-hybridized carbons (Fsp3) is 0.211. The van der Waals surface area contributed by atoms with Gasteiger partial charge in [-0.15, -0.1) is 10.2 Å². The Morgan fingerprint density at radius 2 is 2.15 bits per heavy atom. The Morgan fingerprint density at radius 1 is 1.27 bits per heavy atom. The molecule has 0 aliphatic heterocycles. The summed E-state index contributed by atoms with van der Waals surface area (Å²) in [6.07, 6.45) is 2.52. The van der Waals surface area contributed by atoms with Crippen LogP contribution in [0.5, 0.6) is 5.75 Å². The predicted molar refractivity (Wildman–Crippen MR) is 98.6 cm³/mol. The fourth-order valence-corrected chi connectivity index (χ4v) is 3.10. The van der Waals surface area contributed by atoms with Gasteiger partial charge >= 0.3 is 0 Å². The number of fused-ring (bicyclic) bond motifs is 2. The Balaban J connectivity index is 1.48. The van der Waals surface area contributed by atoms with E-state index in [1.807, 2.05) is 53.9 Å². The van der Waals surface area contributed by atoms with Crippen LogP contribution in [0.15, 0.2) is 42.6 Å². The maximum absolute atomic E-state index is 12.6. The summed E-state index contributed by atoms with van der Waals surface area (Å²) in [4.78, 5) is 15.8. The topological polar surface area (TPSA) is 84.3 Å². The predicted octanol–water partition coefficient (Wildman–Crippen LogP) is 2.50. The minimum atomic E-state index is -0.133. The molecular weight excluding hydrogens is 330 g/mol. The Bertz CT molecular complexity index is 1100. The number of hydrogen-bond donors (Lipinski definition) is 2. The largest absolute Gasteiger partial charge is 0.497 e. The van der Waals surface area contributed by atoms with Crippen molar-refractivity contribution in [2.24, 2.45) is 0 Å². The zero-order valence-corrected chi connectivity index (χ0v) is 14.6. The number of carbonyl (C=O) groups excluding carboxylic acids is 1. The van der Waals surface area contributed by atoms with Gasteiger partial charge in [0.1, 0.15) is 17.3 Å². The van der Waals surface area contributed by atoms with Crippen molar-refractivity contribution in [3.63, 3.8) is 0 Å². The van der Waals surface area contributed by atoms with E-state index >= 15 is 0 Å². The van der Waals surface area contributed by atoms with Gasteiger partial charge in [0.15, 0.2) is 5.65 Å². The van der Waals surface area contributed by atoms with Crippen molar-refractivity contribution >= 4 is 22.5 Å². The van der Waals surface area contributed by atoms with Crippen LogP contribution in [0.2, 0.25) is 0 Å². The maximum atomic E-state index is 12.6. The van der Waals surface area contributed by atoms with E-state index in [4.69, 9.17) is 4.74 Å². The number of nitrogens with zero attached hydrogens (tertiary/aromatic N) is 3. The Morgan fingerprint density at radius 3 is 3.00 bits per heavy atom. The highest BCUT2D eigenvalue weighted by Crippen LogP contribution is 2.25. The molecule has 3 heterocycles. The smallest absolute Gasteiger partial charge is 0.268 e. The molecule has 1 aromatic carbocycles. The first-order valence-electron chi connectivity index (χ1n) is 8.40. The molecular formula is C19H19N5O2. The summed E-state index contributed by atoms with van der Waals surface area (Å²) in [6.45, 7) is 2.41. The molecule has 7 nitrogen and oxygen atoms in total. The van der Waals surface area contributed by atoms with Gasteiger partial charge in [0.25, 0.3) is 5.91 Å². The number of amides is 1. The van der Waals surface area contributed by atoms with Gasteiger partial charge in [0.2, 0.25) is 0 Å². The van der Waals surface area contributed by atoms with E-state index < -0.39 is 0 Å². The third kappa shape index (κ3) is 2.77. The molecule has 26 heavy (non-hydrogen) atoms. The van der Waals surface area contributed by atoms with Gasteiger partial charge < -0.3 is 15.0 Å². The molecule has 4 rings (SSSR count). The second-order valence-corrected chi connectivity index (χ2v) is 6.09. The molecule has 0 atom stereocenters. The number of ether oxygens (including phenoxy) is 1. The highest BCUT2D eigenvalue weighted by atomic mass is 16.5. The molecule has 0 saturated heterocycles. The van der Waals surface area contributed by atoms with Crippen molar-refractivity contribution in [1.82, 2.24) is 24.9 Å². The number of aryl methyl sites for hydroxylation is 1. The molecule has 1 amide bonds. The number of rotatable bonds is 5. The molecule has 0 spiro atoms. The van der Waals surface area contributed by atoms with E-state index in [0.717, 1.165) is 33.7 Å². The number of pyridine rings is 1. The minimum Gasteiger partial charge on any atom is -0.497 e. The third-order valence-electron chi connectivity index (χ3n) is 4.51. The van der Waals surface area contributed by atoms with E-state index in [-0.39, 0.29) is 5.91 Å². The molecule has 0 unspecified atom stereocenters. The number of aromatic amines is 1. The lowest BCUT2D eigenvalue weighted by Gasteiger charge is -2.04. The molecule has 132 valence electrons. The first-order valence-corrected chi connectivity index (χ1v) is 8.40. The van der Waals surface area contributed by atoms with Crippen molar-refractivity contribution < 1.29 is 9.53 Å². The second kappa shape index (κ2) is 6.51. The van der Waals surface area contributed by atoms with Crippen LogP contribution in [0.1, 0.15) is 21.9 Å². The van der Waals surface area contributed by atoms with Gasteiger partial charge in [-0.1, -0.05) is 6.07 Å². The van der Waals surface area contributed by atoms with Crippen LogP contribution in [0.25, 0.3) is 16.6 Å². The molecule has 0 bridgehead atoms. The number of carbonyl (C=O) groups is 1. The summed E-state index contributed by atoms with van der Waals surface area (Å²) < 4.78 is 7.18. The van der Waals surface area contributed by atoms with Crippen molar-refractivity contribution in [3.05, 3.63) is 59.7 Å². The molecule has 0 fully saturated rings. The summed E-state index contributed by atoms with van der Waals surface area (Å²) >= 11 is 0. The van der Waals surface area contributed by atoms with E-state index in [1.54, 1.807) is 7.11 Å². The normalized spacial score (nSPS) is 11.2. The number of H-pyrrole nitrogens is 1. The molecule has 0 saturated carbocycles. The summed E-state index contributed by atoms with van der Waals surface area (Å²) in [6, 6.07) is 11.5. The van der Waals surface area contributed by atoms with Gasteiger partial charge in [-0.05, 0) is 42.8 Å². The van der Waals surface area contributed by atoms with Gasteiger partial charge in [0.05, 0.1) is 7.11 Å². The van der Waals surface area contributed by atoms with Crippen LogP contribution in [0.3, 0.4) is 0 Å². The third-order valence-corrected chi connectivity index (χ3v) is 4.51. The molecule has 0 aliphatic rings. The standard InChI is InChI=1S/C19H19N5O2/c1-12-14-11-13(26-2)6-7-15(14)21-18(12)19(25)20-9-8-17-23-22-16-5-3-4-10-24(16)17/h3-7,10-11,21H,8-9H2,1-2H3,(H,20,25). The van der Waals surface area contributed by atoms with E-state index in [1.165, 1.54) is 0 Å². The monoisotopic (exact) mass is 349 g/mol. The summed E-state index contributed by atoms with van der Waals surface area (Å²) in [5.41, 5.74) is 3.19. The quantitative estimate of drug-likeness (QED) is 0.580. The van der Waals surface area contributed by atoms with Crippen molar-refractivity contribution in [1.29, 1.82) is 0 Å². The van der Waals surface area contributed by atoms with E-state index in [9.17, 15) is 4.79 Å². The Hall–Kier alpha value is -3.35. The maximum Gasteiger partial charge on any atom is 0.268 e. The summed E-state index contributed by atoms with van der Waals surface area (Å²) in [5.74, 6) is 1.45. The first-order chi connectivity index (χ1) is 12.7. The van der Waals surface area contributed by atoms with Crippen LogP contribution in [0.4, 0.5) is 0 Å². The zero-order valence-electron chi connectivity index (χ0n) is 14.6. The molecule has 3 aromatic heterocycles. The van der Waals surface area contributed by atoms with Crippen molar-refractivity contribution in [3.8, 4) is 5.75 Å². The lowest BCUT2D eigenvalue weighted by Crippen LogP contribution is -2.27. The number of aromatic nitrogens is 4. The molecule has 7 heteroatoms. The lowest BCUT2D eigenvalue weighted by molar-refractivity contribution is 0.0949. The number of nitrogens with one attached hydrogen (secondary N) is 2. The minimum absolute atomic E-state index is 0.133. The molecule has 2 N–H and O–H groups in total. The summed E-state index contributed by atoms with van der Waals surface area (Å²) in [5, 5.41) is 12.2. The van der Waals surface area contributed by atoms with Gasteiger partial charge in [-0.25, -0.2) is 0 Å². The van der Waals surface area contributed by atoms with Crippen molar-refractivity contribution in [2.75, 3.05) is 13.7 Å². The summed E-state index contributed by atoms with van der Waals surface area (Å²) in [7, 11) is 1.63. The van der Waals surface area contributed by atoms with Crippen LogP contribution in [-0.4, -0.2) is 39.1 Å². The van der Waals surface area contributed by atoms with E-state index in [0.29, 0.717) is 18.7 Å². The SMILES string of the molecule is COc1ccc2[nH]c(C(=O)NCCc3nnc4ccccn34)c(C)c2c1. The Kier molecular flexibility index (Phi) is 4.04. The van der Waals surface area contributed by atoms with Crippen LogP contribution < -0.4 is 10.1 Å². The number of methoxy groups -OCH3 is 1.